The Morgan fingerprint density at radius 2 is 1.53 bits per heavy atom. The van der Waals surface area contributed by atoms with Gasteiger partial charge in [0.2, 0.25) is 0 Å². The molecule has 0 radical (unpaired) electrons. The highest BCUT2D eigenvalue weighted by Crippen LogP contribution is 1.92. The summed E-state index contributed by atoms with van der Waals surface area (Å²) in [6, 6.07) is 0. The number of nitrogens with zero attached hydrogens (tertiary/aromatic N) is 1. The molecule has 7 heteroatoms. The second-order valence-electron chi connectivity index (χ2n) is 3.11. The molecule has 1 N–H and O–H groups in total. The molecule has 6 nitrogen and oxygen atoms in total. The Morgan fingerprint density at radius 1 is 1.07 bits per heavy atom. The molecule has 92 valence electrons. The molecule has 15 heavy (non-hydrogen) atoms. The Balaban J connectivity index is 3.89. The van der Waals surface area contributed by atoms with Crippen LogP contribution in [-0.2, 0) is 19.6 Å². The van der Waals surface area contributed by atoms with E-state index in [-0.39, 0.29) is 12.3 Å². The molecule has 0 fully saturated rings. The smallest absolute Gasteiger partial charge is 0.266 e. The van der Waals surface area contributed by atoms with Crippen LogP contribution in [0.15, 0.2) is 0 Å². The fraction of sp³-hybridized carbons (Fsp3) is 1.00. The summed E-state index contributed by atoms with van der Waals surface area (Å²) < 4.78 is 39.5. The van der Waals surface area contributed by atoms with Crippen molar-refractivity contribution in [3.05, 3.63) is 0 Å². The third-order valence-electron chi connectivity index (χ3n) is 1.89. The monoisotopic (exact) mass is 241 g/mol. The van der Waals surface area contributed by atoms with E-state index in [9.17, 15) is 8.42 Å². The number of ether oxygens (including phenoxy) is 2. The quantitative estimate of drug-likeness (QED) is 0.547. The third kappa shape index (κ3) is 10.1. The highest BCUT2D eigenvalue weighted by Gasteiger charge is 2.10. The summed E-state index contributed by atoms with van der Waals surface area (Å²) in [5, 5.41) is 0. The minimum absolute atomic E-state index is 0.263. The first kappa shape index (κ1) is 14.8. The Labute approximate surface area is 90.9 Å². The van der Waals surface area contributed by atoms with Crippen LogP contribution in [-0.4, -0.2) is 70.7 Å². The molecule has 0 amide bonds. The van der Waals surface area contributed by atoms with Gasteiger partial charge in [-0.2, -0.15) is 8.42 Å². The van der Waals surface area contributed by atoms with Crippen molar-refractivity contribution in [1.82, 2.24) is 4.90 Å². The van der Waals surface area contributed by atoms with E-state index in [1.54, 1.807) is 14.2 Å². The van der Waals surface area contributed by atoms with Gasteiger partial charge in [-0.25, -0.2) is 0 Å². The van der Waals surface area contributed by atoms with Gasteiger partial charge < -0.3 is 9.47 Å². The fourth-order valence-corrected chi connectivity index (χ4v) is 1.51. The molecule has 0 saturated carbocycles. The molecule has 0 saturated heterocycles. The van der Waals surface area contributed by atoms with Crippen molar-refractivity contribution in [2.45, 2.75) is 0 Å². The zero-order valence-corrected chi connectivity index (χ0v) is 9.99. The maximum absolute atomic E-state index is 10.5. The van der Waals surface area contributed by atoms with Gasteiger partial charge >= 0.3 is 0 Å². The van der Waals surface area contributed by atoms with Gasteiger partial charge in [0.25, 0.3) is 10.1 Å². The largest absolute Gasteiger partial charge is 0.383 e. The molecule has 0 aliphatic rings. The van der Waals surface area contributed by atoms with Gasteiger partial charge in [0.15, 0.2) is 0 Å². The first-order valence-corrected chi connectivity index (χ1v) is 6.26. The van der Waals surface area contributed by atoms with Gasteiger partial charge in [0, 0.05) is 33.9 Å². The van der Waals surface area contributed by atoms with E-state index in [1.165, 1.54) is 0 Å². The maximum Gasteiger partial charge on any atom is 0.266 e. The molecule has 0 aliphatic carbocycles. The van der Waals surface area contributed by atoms with E-state index in [0.717, 1.165) is 0 Å². The van der Waals surface area contributed by atoms with Crippen LogP contribution in [0.5, 0.6) is 0 Å². The summed E-state index contributed by atoms with van der Waals surface area (Å²) in [7, 11) is -0.731. The number of hydrogen-bond acceptors (Lipinski definition) is 5. The minimum atomic E-state index is -3.89. The van der Waals surface area contributed by atoms with E-state index in [4.69, 9.17) is 14.0 Å². The lowest BCUT2D eigenvalue weighted by molar-refractivity contribution is 0.117. The van der Waals surface area contributed by atoms with Crippen LogP contribution < -0.4 is 0 Å². The van der Waals surface area contributed by atoms with Crippen LogP contribution in [0.2, 0.25) is 0 Å². The van der Waals surface area contributed by atoms with Crippen LogP contribution in [0.1, 0.15) is 0 Å². The number of methoxy groups -OCH3 is 2. The van der Waals surface area contributed by atoms with Crippen LogP contribution in [0, 0.1) is 0 Å². The summed E-state index contributed by atoms with van der Waals surface area (Å²) in [6.45, 7) is 2.57. The van der Waals surface area contributed by atoms with Crippen LogP contribution in [0.25, 0.3) is 0 Å². The summed E-state index contributed by atoms with van der Waals surface area (Å²) in [5.74, 6) is -0.263. The average Bonchev–Trinajstić information content (AvgIpc) is 2.15. The second kappa shape index (κ2) is 8.00. The molecular weight excluding hydrogens is 222 g/mol. The molecule has 0 aliphatic heterocycles. The Bertz CT molecular complexity index is 233. The summed E-state index contributed by atoms with van der Waals surface area (Å²) in [5.41, 5.74) is 0. The van der Waals surface area contributed by atoms with Gasteiger partial charge in [0.05, 0.1) is 19.0 Å². The average molecular weight is 241 g/mol. The zero-order valence-electron chi connectivity index (χ0n) is 9.18. The van der Waals surface area contributed by atoms with Crippen LogP contribution >= 0.6 is 0 Å². The van der Waals surface area contributed by atoms with Crippen molar-refractivity contribution in [2.75, 3.05) is 52.8 Å². The normalized spacial score (nSPS) is 12.3. The van der Waals surface area contributed by atoms with E-state index in [0.29, 0.717) is 26.3 Å². The SMILES string of the molecule is COCCN(CCOC)CCS(=O)(=O)O. The van der Waals surface area contributed by atoms with Crippen molar-refractivity contribution >= 4 is 10.1 Å². The molecule has 0 aromatic heterocycles. The van der Waals surface area contributed by atoms with Crippen molar-refractivity contribution in [2.24, 2.45) is 0 Å². The van der Waals surface area contributed by atoms with Gasteiger partial charge in [-0.15, -0.1) is 0 Å². The van der Waals surface area contributed by atoms with Crippen molar-refractivity contribution in [1.29, 1.82) is 0 Å². The lowest BCUT2D eigenvalue weighted by atomic mass is 10.5. The van der Waals surface area contributed by atoms with Gasteiger partial charge in [-0.05, 0) is 0 Å². The predicted molar refractivity (Wildman–Crippen MR) is 56.6 cm³/mol. The van der Waals surface area contributed by atoms with Crippen molar-refractivity contribution in [3.8, 4) is 0 Å². The lowest BCUT2D eigenvalue weighted by Crippen LogP contribution is -2.34. The van der Waals surface area contributed by atoms with Crippen molar-refractivity contribution < 1.29 is 22.4 Å². The highest BCUT2D eigenvalue weighted by molar-refractivity contribution is 7.85. The van der Waals surface area contributed by atoms with Crippen molar-refractivity contribution in [3.63, 3.8) is 0 Å². The molecule has 0 aromatic carbocycles. The highest BCUT2D eigenvalue weighted by atomic mass is 32.2. The predicted octanol–water partition coefficient (Wildman–Crippen LogP) is -0.531. The van der Waals surface area contributed by atoms with Gasteiger partial charge in [-0.1, -0.05) is 0 Å². The Hall–Kier alpha value is -0.210. The minimum Gasteiger partial charge on any atom is -0.383 e. The summed E-state index contributed by atoms with van der Waals surface area (Å²) >= 11 is 0. The van der Waals surface area contributed by atoms with Crippen LogP contribution in [0.4, 0.5) is 0 Å². The molecule has 0 spiro atoms. The van der Waals surface area contributed by atoms with Crippen LogP contribution in [0.3, 0.4) is 0 Å². The molecule has 0 atom stereocenters. The Kier molecular flexibility index (Phi) is 7.89. The lowest BCUT2D eigenvalue weighted by Gasteiger charge is -2.20. The number of hydrogen-bond donors (Lipinski definition) is 1. The van der Waals surface area contributed by atoms with E-state index in [1.807, 2.05) is 4.90 Å². The molecule has 0 aromatic rings. The third-order valence-corrected chi connectivity index (χ3v) is 2.59. The van der Waals surface area contributed by atoms with Gasteiger partial charge in [0.1, 0.15) is 0 Å². The molecular formula is C8H19NO5S. The van der Waals surface area contributed by atoms with E-state index < -0.39 is 10.1 Å². The van der Waals surface area contributed by atoms with Gasteiger partial charge in [-0.3, -0.25) is 9.45 Å². The standard InChI is InChI=1S/C8H19NO5S/c1-13-6-3-9(4-7-14-2)5-8-15(10,11)12/h3-8H2,1-2H3,(H,10,11,12). The molecule has 0 bridgehead atoms. The fourth-order valence-electron chi connectivity index (χ4n) is 1.02. The first-order valence-electron chi connectivity index (χ1n) is 4.65. The molecule has 0 unspecified atom stereocenters. The topological polar surface area (TPSA) is 76.1 Å². The molecule has 0 heterocycles. The summed E-state index contributed by atoms with van der Waals surface area (Å²) in [4.78, 5) is 1.86. The second-order valence-corrected chi connectivity index (χ2v) is 4.69. The zero-order chi connectivity index (χ0) is 11.7. The Morgan fingerprint density at radius 3 is 1.87 bits per heavy atom. The molecule has 0 rings (SSSR count). The number of rotatable bonds is 9. The first-order chi connectivity index (χ1) is 6.99. The maximum atomic E-state index is 10.5. The summed E-state index contributed by atoms with van der Waals surface area (Å²) in [6.07, 6.45) is 0. The van der Waals surface area contributed by atoms with E-state index in [2.05, 4.69) is 0 Å². The van der Waals surface area contributed by atoms with E-state index >= 15 is 0 Å².